The molecule has 0 aliphatic rings. The zero-order valence-corrected chi connectivity index (χ0v) is 9.46. The molecule has 0 unspecified atom stereocenters. The first-order chi connectivity index (χ1) is 6.82. The quantitative estimate of drug-likeness (QED) is 0.829. The van der Waals surface area contributed by atoms with Crippen molar-refractivity contribution in [1.82, 2.24) is 0 Å². The zero-order valence-electron chi connectivity index (χ0n) is 7.89. The molecule has 15 heavy (non-hydrogen) atoms. The summed E-state index contributed by atoms with van der Waals surface area (Å²) in [5, 5.41) is 9.57. The van der Waals surface area contributed by atoms with E-state index >= 15 is 0 Å². The SMILES string of the molecule is CS(=O)(=O)[C@H](Cl)[C@@H](O)c1cccc(F)c1. The lowest BCUT2D eigenvalue weighted by Crippen LogP contribution is -2.21. The molecular weight excluding hydrogens is 243 g/mol. The maximum atomic E-state index is 12.8. The van der Waals surface area contributed by atoms with E-state index in [2.05, 4.69) is 0 Å². The molecule has 0 heterocycles. The highest BCUT2D eigenvalue weighted by atomic mass is 35.5. The maximum absolute atomic E-state index is 12.8. The lowest BCUT2D eigenvalue weighted by Gasteiger charge is -2.15. The van der Waals surface area contributed by atoms with Gasteiger partial charge in [0.15, 0.2) is 14.5 Å². The number of aliphatic hydroxyl groups is 1. The van der Waals surface area contributed by atoms with Crippen molar-refractivity contribution in [2.24, 2.45) is 0 Å². The molecule has 0 saturated carbocycles. The second-order valence-electron chi connectivity index (χ2n) is 3.18. The highest BCUT2D eigenvalue weighted by Gasteiger charge is 2.27. The summed E-state index contributed by atoms with van der Waals surface area (Å²) < 4.78 is 33.4. The summed E-state index contributed by atoms with van der Waals surface area (Å²) >= 11 is 5.53. The molecule has 0 aliphatic heterocycles. The molecule has 0 bridgehead atoms. The Labute approximate surface area is 92.4 Å². The molecule has 1 rings (SSSR count). The first-order valence-corrected chi connectivity index (χ1v) is 6.48. The first-order valence-electron chi connectivity index (χ1n) is 4.09. The van der Waals surface area contributed by atoms with Gasteiger partial charge in [0, 0.05) is 6.26 Å². The Hall–Kier alpha value is -0.650. The van der Waals surface area contributed by atoms with Gasteiger partial charge in [-0.1, -0.05) is 12.1 Å². The molecule has 0 aromatic heterocycles. The summed E-state index contributed by atoms with van der Waals surface area (Å²) in [6.45, 7) is 0. The molecule has 84 valence electrons. The van der Waals surface area contributed by atoms with E-state index in [0.717, 1.165) is 12.3 Å². The number of sulfone groups is 1. The summed E-state index contributed by atoms with van der Waals surface area (Å²) in [5.74, 6) is -0.552. The zero-order chi connectivity index (χ0) is 11.6. The van der Waals surface area contributed by atoms with Crippen LogP contribution in [0.3, 0.4) is 0 Å². The third-order valence-corrected chi connectivity index (χ3v) is 4.13. The second kappa shape index (κ2) is 4.47. The van der Waals surface area contributed by atoms with Crippen molar-refractivity contribution in [2.45, 2.75) is 10.8 Å². The van der Waals surface area contributed by atoms with Crippen molar-refractivity contribution in [2.75, 3.05) is 6.26 Å². The monoisotopic (exact) mass is 252 g/mol. The van der Waals surface area contributed by atoms with E-state index in [9.17, 15) is 17.9 Å². The lowest BCUT2D eigenvalue weighted by molar-refractivity contribution is 0.191. The van der Waals surface area contributed by atoms with Gasteiger partial charge in [0.1, 0.15) is 11.9 Å². The Kier molecular flexibility index (Phi) is 3.70. The lowest BCUT2D eigenvalue weighted by atomic mass is 10.1. The van der Waals surface area contributed by atoms with Crippen molar-refractivity contribution < 1.29 is 17.9 Å². The number of rotatable bonds is 3. The molecule has 0 aliphatic carbocycles. The summed E-state index contributed by atoms with van der Waals surface area (Å²) in [4.78, 5) is 0. The fraction of sp³-hybridized carbons (Fsp3) is 0.333. The fourth-order valence-electron chi connectivity index (χ4n) is 1.08. The van der Waals surface area contributed by atoms with Crippen LogP contribution >= 0.6 is 11.6 Å². The van der Waals surface area contributed by atoms with Crippen LogP contribution in [0.5, 0.6) is 0 Å². The molecule has 0 fully saturated rings. The summed E-state index contributed by atoms with van der Waals surface area (Å²) in [6, 6.07) is 5.03. The number of benzene rings is 1. The average Bonchev–Trinajstić information content (AvgIpc) is 2.14. The van der Waals surface area contributed by atoms with Gasteiger partial charge in [0.25, 0.3) is 0 Å². The highest BCUT2D eigenvalue weighted by Crippen LogP contribution is 2.24. The Morgan fingerprint density at radius 2 is 2.07 bits per heavy atom. The van der Waals surface area contributed by atoms with E-state index in [4.69, 9.17) is 11.6 Å². The molecular formula is C9H10ClFO3S. The number of alkyl halides is 1. The standard InChI is InChI=1S/C9H10ClFO3S/c1-15(13,14)9(10)8(12)6-3-2-4-7(11)5-6/h2-5,8-9,12H,1H3/t8-,9-/m0/s1. The van der Waals surface area contributed by atoms with Gasteiger partial charge in [-0.15, -0.1) is 11.6 Å². The van der Waals surface area contributed by atoms with Crippen molar-refractivity contribution in [1.29, 1.82) is 0 Å². The van der Waals surface area contributed by atoms with E-state index in [1.54, 1.807) is 0 Å². The molecule has 1 aromatic carbocycles. The van der Waals surface area contributed by atoms with Crippen LogP contribution in [-0.4, -0.2) is 24.5 Å². The topological polar surface area (TPSA) is 54.4 Å². The maximum Gasteiger partial charge on any atom is 0.167 e. The van der Waals surface area contributed by atoms with Crippen LogP contribution in [0.4, 0.5) is 4.39 Å². The van der Waals surface area contributed by atoms with E-state index in [1.807, 2.05) is 0 Å². The Morgan fingerprint density at radius 3 is 2.53 bits per heavy atom. The molecule has 1 aromatic rings. The summed E-state index contributed by atoms with van der Waals surface area (Å²) in [6.07, 6.45) is -0.523. The molecule has 0 spiro atoms. The van der Waals surface area contributed by atoms with Gasteiger partial charge in [0.05, 0.1) is 0 Å². The molecule has 0 radical (unpaired) electrons. The van der Waals surface area contributed by atoms with E-state index in [1.165, 1.54) is 18.2 Å². The number of aliphatic hydroxyl groups excluding tert-OH is 1. The van der Waals surface area contributed by atoms with Crippen LogP contribution in [0.15, 0.2) is 24.3 Å². The van der Waals surface area contributed by atoms with Crippen LogP contribution in [0.25, 0.3) is 0 Å². The Balaban J connectivity index is 3.00. The minimum atomic E-state index is -3.57. The van der Waals surface area contributed by atoms with Crippen LogP contribution < -0.4 is 0 Å². The van der Waals surface area contributed by atoms with Crippen molar-refractivity contribution in [3.8, 4) is 0 Å². The predicted octanol–water partition coefficient (Wildman–Crippen LogP) is 1.47. The number of hydrogen-bond acceptors (Lipinski definition) is 3. The van der Waals surface area contributed by atoms with Crippen LogP contribution in [0, 0.1) is 5.82 Å². The van der Waals surface area contributed by atoms with Crippen molar-refractivity contribution >= 4 is 21.4 Å². The van der Waals surface area contributed by atoms with Crippen molar-refractivity contribution in [3.63, 3.8) is 0 Å². The molecule has 3 nitrogen and oxygen atoms in total. The minimum absolute atomic E-state index is 0.139. The van der Waals surface area contributed by atoms with E-state index < -0.39 is 26.5 Å². The van der Waals surface area contributed by atoms with Gasteiger partial charge in [0.2, 0.25) is 0 Å². The van der Waals surface area contributed by atoms with Crippen LogP contribution in [-0.2, 0) is 9.84 Å². The summed E-state index contributed by atoms with van der Waals surface area (Å²) in [7, 11) is -3.57. The largest absolute Gasteiger partial charge is 0.386 e. The molecule has 1 N–H and O–H groups in total. The highest BCUT2D eigenvalue weighted by molar-refractivity contribution is 7.92. The molecule has 0 saturated heterocycles. The Morgan fingerprint density at radius 1 is 1.47 bits per heavy atom. The second-order valence-corrected chi connectivity index (χ2v) is 6.08. The van der Waals surface area contributed by atoms with Gasteiger partial charge in [-0.2, -0.15) is 0 Å². The van der Waals surface area contributed by atoms with Crippen molar-refractivity contribution in [3.05, 3.63) is 35.6 Å². The fourth-order valence-corrected chi connectivity index (χ4v) is 1.85. The van der Waals surface area contributed by atoms with Crippen LogP contribution in [0.2, 0.25) is 0 Å². The molecule has 6 heteroatoms. The van der Waals surface area contributed by atoms with Gasteiger partial charge < -0.3 is 5.11 Å². The van der Waals surface area contributed by atoms with Gasteiger partial charge in [-0.25, -0.2) is 12.8 Å². The number of hydrogen-bond donors (Lipinski definition) is 1. The molecule has 0 amide bonds. The van der Waals surface area contributed by atoms with Gasteiger partial charge in [-0.3, -0.25) is 0 Å². The van der Waals surface area contributed by atoms with Crippen LogP contribution in [0.1, 0.15) is 11.7 Å². The predicted molar refractivity (Wildman–Crippen MR) is 55.8 cm³/mol. The third-order valence-electron chi connectivity index (χ3n) is 1.85. The number of halogens is 2. The normalized spacial score (nSPS) is 16.0. The average molecular weight is 253 g/mol. The first kappa shape index (κ1) is 12.4. The molecule has 2 atom stereocenters. The minimum Gasteiger partial charge on any atom is -0.386 e. The third kappa shape index (κ3) is 3.15. The Bertz CT molecular complexity index is 446. The van der Waals surface area contributed by atoms with E-state index in [0.29, 0.717) is 0 Å². The van der Waals surface area contributed by atoms with E-state index in [-0.39, 0.29) is 5.56 Å². The van der Waals surface area contributed by atoms with Gasteiger partial charge in [-0.05, 0) is 17.7 Å². The summed E-state index contributed by atoms with van der Waals surface area (Å²) in [5.41, 5.74) is 0.139. The smallest absolute Gasteiger partial charge is 0.167 e. The van der Waals surface area contributed by atoms with Gasteiger partial charge >= 0.3 is 0 Å².